The van der Waals surface area contributed by atoms with Crippen LogP contribution in [-0.2, 0) is 11.2 Å². The molecule has 174 valence electrons. The maximum Gasteiger partial charge on any atom is 0.308 e. The van der Waals surface area contributed by atoms with Gasteiger partial charge in [-0.2, -0.15) is 0 Å². The lowest BCUT2D eigenvalue weighted by Gasteiger charge is -2.26. The van der Waals surface area contributed by atoms with Crippen LogP contribution in [0.1, 0.15) is 43.0 Å². The fourth-order valence-corrected chi connectivity index (χ4v) is 5.57. The Labute approximate surface area is 203 Å². The van der Waals surface area contributed by atoms with E-state index in [0.29, 0.717) is 6.54 Å². The van der Waals surface area contributed by atoms with E-state index in [1.165, 1.54) is 28.0 Å². The number of thiazole rings is 1. The lowest BCUT2D eigenvalue weighted by Crippen LogP contribution is -2.33. The SMILES string of the molecule is Cc1sc2nc1-c1ccccc1CCCCCCN(CC(C)C(=O)O)c1cccc(n1)SN2. The van der Waals surface area contributed by atoms with E-state index < -0.39 is 11.9 Å². The standard InChI is InChI=1S/C25H30N4O2S2/c1-17(24(30)31)16-29-15-8-4-3-5-10-19-11-6-7-12-20(19)23-18(2)32-25(27-23)28-33-22-14-9-13-21(29)26-22/h6-7,9,11-14,17H,3-5,8,10,15-16H2,1-2H3,(H,27,28)(H,30,31). The summed E-state index contributed by atoms with van der Waals surface area (Å²) >= 11 is 3.09. The molecule has 2 aromatic heterocycles. The number of hydrogen-bond acceptors (Lipinski definition) is 7. The smallest absolute Gasteiger partial charge is 0.308 e. The monoisotopic (exact) mass is 482 g/mol. The van der Waals surface area contributed by atoms with Crippen LogP contribution in [0.15, 0.2) is 47.5 Å². The van der Waals surface area contributed by atoms with Gasteiger partial charge in [0.15, 0.2) is 5.13 Å². The molecule has 1 unspecified atom stereocenters. The Bertz CT molecular complexity index is 1100. The minimum absolute atomic E-state index is 0.451. The second-order valence-electron chi connectivity index (χ2n) is 8.47. The van der Waals surface area contributed by atoms with Gasteiger partial charge in [-0.3, -0.25) is 4.79 Å². The van der Waals surface area contributed by atoms with Gasteiger partial charge in [-0.25, -0.2) is 9.97 Å². The molecule has 3 heterocycles. The van der Waals surface area contributed by atoms with Crippen molar-refractivity contribution >= 4 is 40.2 Å². The summed E-state index contributed by atoms with van der Waals surface area (Å²) < 4.78 is 3.36. The number of hydrogen-bond donors (Lipinski definition) is 2. The zero-order chi connectivity index (χ0) is 23.2. The average Bonchev–Trinajstić information content (AvgIpc) is 3.19. The highest BCUT2D eigenvalue weighted by Gasteiger charge is 2.18. The summed E-state index contributed by atoms with van der Waals surface area (Å²) in [6.07, 6.45) is 5.42. The number of carboxylic acid groups (broad SMARTS) is 1. The fourth-order valence-electron chi connectivity index (χ4n) is 4.07. The third-order valence-corrected chi connectivity index (χ3v) is 7.63. The molecule has 1 aliphatic heterocycles. The highest BCUT2D eigenvalue weighted by Crippen LogP contribution is 2.35. The average molecular weight is 483 g/mol. The van der Waals surface area contributed by atoms with Crippen molar-refractivity contribution in [3.63, 3.8) is 0 Å². The number of anilines is 2. The molecule has 4 bridgehead atoms. The molecule has 33 heavy (non-hydrogen) atoms. The lowest BCUT2D eigenvalue weighted by molar-refractivity contribution is -0.140. The summed E-state index contributed by atoms with van der Waals surface area (Å²) in [6, 6.07) is 14.5. The van der Waals surface area contributed by atoms with E-state index in [2.05, 4.69) is 40.8 Å². The van der Waals surface area contributed by atoms with E-state index in [9.17, 15) is 9.90 Å². The van der Waals surface area contributed by atoms with Crippen LogP contribution >= 0.6 is 23.3 Å². The first-order valence-electron chi connectivity index (χ1n) is 11.4. The van der Waals surface area contributed by atoms with Crippen molar-refractivity contribution in [2.45, 2.75) is 51.0 Å². The molecule has 0 saturated heterocycles. The van der Waals surface area contributed by atoms with Crippen molar-refractivity contribution in [3.8, 4) is 11.3 Å². The first kappa shape index (κ1) is 23.6. The molecule has 1 aromatic carbocycles. The Morgan fingerprint density at radius 1 is 1.12 bits per heavy atom. The number of nitrogens with zero attached hydrogens (tertiary/aromatic N) is 3. The normalized spacial score (nSPS) is 15.8. The zero-order valence-electron chi connectivity index (χ0n) is 19.1. The zero-order valence-corrected chi connectivity index (χ0v) is 20.7. The first-order chi connectivity index (χ1) is 16.0. The number of pyridine rings is 1. The molecule has 4 rings (SSSR count). The van der Waals surface area contributed by atoms with Gasteiger partial charge in [0.25, 0.3) is 0 Å². The molecular formula is C25H30N4O2S2. The van der Waals surface area contributed by atoms with Crippen LogP contribution in [0.4, 0.5) is 10.9 Å². The fraction of sp³-hybridized carbons (Fsp3) is 0.400. The number of aromatic nitrogens is 2. The van der Waals surface area contributed by atoms with E-state index in [-0.39, 0.29) is 0 Å². The topological polar surface area (TPSA) is 78.4 Å². The van der Waals surface area contributed by atoms with Gasteiger partial charge in [-0.05, 0) is 43.9 Å². The van der Waals surface area contributed by atoms with Gasteiger partial charge >= 0.3 is 5.97 Å². The number of benzene rings is 1. The van der Waals surface area contributed by atoms with Crippen LogP contribution in [0.25, 0.3) is 11.3 Å². The molecule has 0 saturated carbocycles. The molecule has 2 N–H and O–H groups in total. The highest BCUT2D eigenvalue weighted by atomic mass is 32.2. The van der Waals surface area contributed by atoms with E-state index in [0.717, 1.165) is 60.3 Å². The molecule has 0 aliphatic carbocycles. The Hall–Kier alpha value is -2.58. The van der Waals surface area contributed by atoms with Crippen LogP contribution < -0.4 is 9.62 Å². The Balaban J connectivity index is 1.61. The molecule has 1 aliphatic rings. The molecule has 0 fully saturated rings. The highest BCUT2D eigenvalue weighted by molar-refractivity contribution is 8.00. The molecule has 3 aromatic rings. The summed E-state index contributed by atoms with van der Waals surface area (Å²) in [5.41, 5.74) is 3.63. The number of aliphatic carboxylic acids is 1. The second kappa shape index (κ2) is 11.0. The van der Waals surface area contributed by atoms with Crippen LogP contribution in [-0.4, -0.2) is 34.1 Å². The van der Waals surface area contributed by atoms with Gasteiger partial charge in [0.1, 0.15) is 10.8 Å². The van der Waals surface area contributed by atoms with Gasteiger partial charge in [0, 0.05) is 35.5 Å². The predicted molar refractivity (Wildman–Crippen MR) is 137 cm³/mol. The lowest BCUT2D eigenvalue weighted by atomic mass is 9.98. The molecule has 1 atom stereocenters. The Morgan fingerprint density at radius 3 is 2.79 bits per heavy atom. The summed E-state index contributed by atoms with van der Waals surface area (Å²) in [7, 11) is 0. The van der Waals surface area contributed by atoms with Gasteiger partial charge in [0.05, 0.1) is 11.6 Å². The second-order valence-corrected chi connectivity index (χ2v) is 10.5. The van der Waals surface area contributed by atoms with Crippen molar-refractivity contribution in [1.82, 2.24) is 9.97 Å². The van der Waals surface area contributed by atoms with E-state index in [1.54, 1.807) is 18.3 Å². The molecule has 0 amide bonds. The Morgan fingerprint density at radius 2 is 1.94 bits per heavy atom. The minimum atomic E-state index is -0.779. The van der Waals surface area contributed by atoms with Gasteiger partial charge < -0.3 is 14.7 Å². The van der Waals surface area contributed by atoms with Crippen molar-refractivity contribution in [1.29, 1.82) is 0 Å². The maximum atomic E-state index is 11.5. The number of rotatable bonds is 3. The van der Waals surface area contributed by atoms with Crippen molar-refractivity contribution < 1.29 is 9.90 Å². The quantitative estimate of drug-likeness (QED) is 0.426. The number of nitrogens with one attached hydrogen (secondary N) is 1. The Kier molecular flexibility index (Phi) is 7.88. The summed E-state index contributed by atoms with van der Waals surface area (Å²) in [6.45, 7) is 5.13. The maximum absolute atomic E-state index is 11.5. The first-order valence-corrected chi connectivity index (χ1v) is 13.1. The number of fused-ring (bicyclic) bond motifs is 6. The summed E-state index contributed by atoms with van der Waals surface area (Å²) in [5.74, 6) is -0.412. The van der Waals surface area contributed by atoms with Gasteiger partial charge in [-0.15, -0.1) is 11.3 Å². The summed E-state index contributed by atoms with van der Waals surface area (Å²) in [4.78, 5) is 24.5. The van der Waals surface area contributed by atoms with Crippen LogP contribution in [0.2, 0.25) is 0 Å². The molecule has 8 heteroatoms. The summed E-state index contributed by atoms with van der Waals surface area (Å²) in [5, 5.41) is 11.1. The number of aryl methyl sites for hydroxylation is 2. The van der Waals surface area contributed by atoms with Crippen molar-refractivity contribution in [2.24, 2.45) is 5.92 Å². The van der Waals surface area contributed by atoms with E-state index in [1.807, 2.05) is 18.2 Å². The molecule has 0 spiro atoms. The third-order valence-electron chi connectivity index (χ3n) is 5.88. The van der Waals surface area contributed by atoms with E-state index >= 15 is 0 Å². The van der Waals surface area contributed by atoms with Gasteiger partial charge in [-0.1, -0.05) is 50.1 Å². The largest absolute Gasteiger partial charge is 0.481 e. The van der Waals surface area contributed by atoms with Crippen LogP contribution in [0, 0.1) is 12.8 Å². The van der Waals surface area contributed by atoms with Crippen LogP contribution in [0.5, 0.6) is 0 Å². The number of carboxylic acids is 1. The molecule has 0 radical (unpaired) electrons. The third kappa shape index (κ3) is 6.06. The van der Waals surface area contributed by atoms with Gasteiger partial charge in [0.2, 0.25) is 0 Å². The minimum Gasteiger partial charge on any atom is -0.481 e. The number of carbonyl (C=O) groups is 1. The van der Waals surface area contributed by atoms with Crippen molar-refractivity contribution in [3.05, 3.63) is 52.9 Å². The predicted octanol–water partition coefficient (Wildman–Crippen LogP) is 6.28. The van der Waals surface area contributed by atoms with E-state index in [4.69, 9.17) is 9.97 Å². The molecule has 6 nitrogen and oxygen atoms in total. The van der Waals surface area contributed by atoms with Crippen molar-refractivity contribution in [2.75, 3.05) is 22.7 Å². The van der Waals surface area contributed by atoms with Crippen LogP contribution in [0.3, 0.4) is 0 Å². The molecular weight excluding hydrogens is 452 g/mol.